The van der Waals surface area contributed by atoms with Crippen molar-refractivity contribution in [3.05, 3.63) is 101 Å². The lowest BCUT2D eigenvalue weighted by molar-refractivity contribution is 0.0992. The quantitative estimate of drug-likeness (QED) is 0.400. The van der Waals surface area contributed by atoms with E-state index in [1.807, 2.05) is 73.1 Å². The van der Waals surface area contributed by atoms with Crippen LogP contribution in [0.15, 0.2) is 71.1 Å². The van der Waals surface area contributed by atoms with Gasteiger partial charge in [0.15, 0.2) is 5.76 Å². The van der Waals surface area contributed by atoms with Gasteiger partial charge in [0.2, 0.25) is 0 Å². The van der Waals surface area contributed by atoms with Gasteiger partial charge in [-0.05, 0) is 73.9 Å². The van der Waals surface area contributed by atoms with Crippen LogP contribution in [0.2, 0.25) is 0 Å². The van der Waals surface area contributed by atoms with Gasteiger partial charge in [-0.1, -0.05) is 31.2 Å². The average Bonchev–Trinajstić information content (AvgIpc) is 3.39. The number of hydrogen-bond acceptors (Lipinski definition) is 4. The molecule has 6 nitrogen and oxygen atoms in total. The van der Waals surface area contributed by atoms with E-state index in [-0.39, 0.29) is 18.3 Å². The molecule has 6 heteroatoms. The van der Waals surface area contributed by atoms with Gasteiger partial charge < -0.3 is 14.5 Å². The fraction of sp³-hybridized carbons (Fsp3) is 0.231. The van der Waals surface area contributed by atoms with Gasteiger partial charge >= 0.3 is 0 Å². The SMILES string of the molecule is CCc1ccc(OCc2ccc(C(=O)Nc3cccc(Cn4nc(C)cc4C)c3)o2)cc1. The molecular formula is C26H27N3O3. The highest BCUT2D eigenvalue weighted by Crippen LogP contribution is 2.18. The van der Waals surface area contributed by atoms with Crippen molar-refractivity contribution in [2.45, 2.75) is 40.3 Å². The highest BCUT2D eigenvalue weighted by atomic mass is 16.5. The topological polar surface area (TPSA) is 69.3 Å². The van der Waals surface area contributed by atoms with Gasteiger partial charge in [-0.25, -0.2) is 0 Å². The van der Waals surface area contributed by atoms with Crippen molar-refractivity contribution in [1.29, 1.82) is 0 Å². The zero-order valence-electron chi connectivity index (χ0n) is 18.6. The van der Waals surface area contributed by atoms with Crippen LogP contribution in [0.5, 0.6) is 5.75 Å². The van der Waals surface area contributed by atoms with Crippen molar-refractivity contribution < 1.29 is 13.9 Å². The molecule has 2 heterocycles. The zero-order valence-corrected chi connectivity index (χ0v) is 18.6. The molecule has 0 saturated carbocycles. The minimum absolute atomic E-state index is 0.244. The lowest BCUT2D eigenvalue weighted by Gasteiger charge is -2.08. The number of aromatic nitrogens is 2. The van der Waals surface area contributed by atoms with Gasteiger partial charge in [-0.2, -0.15) is 5.10 Å². The first-order valence-electron chi connectivity index (χ1n) is 10.7. The lowest BCUT2D eigenvalue weighted by Crippen LogP contribution is -2.11. The Morgan fingerprint density at radius 3 is 2.56 bits per heavy atom. The van der Waals surface area contributed by atoms with Crippen LogP contribution in [0.25, 0.3) is 0 Å². The fourth-order valence-electron chi connectivity index (χ4n) is 3.50. The predicted molar refractivity (Wildman–Crippen MR) is 124 cm³/mol. The number of anilines is 1. The molecule has 0 spiro atoms. The number of nitrogens with one attached hydrogen (secondary N) is 1. The van der Waals surface area contributed by atoms with Crippen molar-refractivity contribution in [3.63, 3.8) is 0 Å². The molecule has 0 radical (unpaired) electrons. The summed E-state index contributed by atoms with van der Waals surface area (Å²) in [6.07, 6.45) is 0.988. The normalized spacial score (nSPS) is 10.8. The first-order valence-corrected chi connectivity index (χ1v) is 10.7. The summed E-state index contributed by atoms with van der Waals surface area (Å²) in [5.74, 6) is 1.30. The Bertz CT molecular complexity index is 1210. The minimum atomic E-state index is -0.299. The van der Waals surface area contributed by atoms with Crippen LogP contribution in [0, 0.1) is 13.8 Å². The van der Waals surface area contributed by atoms with Gasteiger partial charge in [-0.3, -0.25) is 9.48 Å². The van der Waals surface area contributed by atoms with Crippen LogP contribution < -0.4 is 10.1 Å². The standard InChI is InChI=1S/C26H27N3O3/c1-4-20-8-10-23(11-9-20)31-17-24-12-13-25(32-24)26(30)27-22-7-5-6-21(15-22)16-29-19(3)14-18(2)28-29/h5-15H,4,16-17H2,1-3H3,(H,27,30). The Morgan fingerprint density at radius 2 is 1.84 bits per heavy atom. The highest BCUT2D eigenvalue weighted by molar-refractivity contribution is 6.02. The van der Waals surface area contributed by atoms with Crippen molar-refractivity contribution in [2.24, 2.45) is 0 Å². The number of benzene rings is 2. The molecule has 0 unspecified atom stereocenters. The second-order valence-electron chi connectivity index (χ2n) is 7.79. The molecule has 0 bridgehead atoms. The molecule has 32 heavy (non-hydrogen) atoms. The summed E-state index contributed by atoms with van der Waals surface area (Å²) in [7, 11) is 0. The lowest BCUT2D eigenvalue weighted by atomic mass is 10.2. The number of hydrogen-bond donors (Lipinski definition) is 1. The molecule has 4 rings (SSSR count). The number of nitrogens with zero attached hydrogens (tertiary/aromatic N) is 2. The van der Waals surface area contributed by atoms with E-state index in [4.69, 9.17) is 9.15 Å². The molecule has 0 aliphatic carbocycles. The van der Waals surface area contributed by atoms with E-state index in [2.05, 4.69) is 17.3 Å². The Balaban J connectivity index is 1.36. The number of ether oxygens (including phenoxy) is 1. The summed E-state index contributed by atoms with van der Waals surface area (Å²) < 4.78 is 13.4. The van der Waals surface area contributed by atoms with Crippen LogP contribution in [0.3, 0.4) is 0 Å². The number of amides is 1. The average molecular weight is 430 g/mol. The van der Waals surface area contributed by atoms with E-state index in [0.717, 1.165) is 29.1 Å². The van der Waals surface area contributed by atoms with Gasteiger partial charge in [0.1, 0.15) is 18.1 Å². The molecule has 1 N–H and O–H groups in total. The first-order chi connectivity index (χ1) is 15.5. The maximum atomic E-state index is 12.6. The molecule has 2 aromatic heterocycles. The van der Waals surface area contributed by atoms with E-state index < -0.39 is 0 Å². The van der Waals surface area contributed by atoms with Crippen molar-refractivity contribution in [1.82, 2.24) is 9.78 Å². The van der Waals surface area contributed by atoms with Crippen LogP contribution in [0.1, 0.15) is 45.8 Å². The first kappa shape index (κ1) is 21.4. The third kappa shape index (κ3) is 5.27. The zero-order chi connectivity index (χ0) is 22.5. The van der Waals surface area contributed by atoms with E-state index in [1.165, 1.54) is 5.56 Å². The molecule has 0 atom stereocenters. The summed E-state index contributed by atoms with van der Waals surface area (Å²) >= 11 is 0. The summed E-state index contributed by atoms with van der Waals surface area (Å²) in [6, 6.07) is 21.2. The molecule has 1 amide bonds. The van der Waals surface area contributed by atoms with E-state index in [0.29, 0.717) is 18.0 Å². The molecular weight excluding hydrogens is 402 g/mol. The number of furan rings is 1. The van der Waals surface area contributed by atoms with Gasteiger partial charge in [0, 0.05) is 11.4 Å². The molecule has 0 saturated heterocycles. The third-order valence-corrected chi connectivity index (χ3v) is 5.22. The summed E-state index contributed by atoms with van der Waals surface area (Å²) in [4.78, 5) is 12.6. The van der Waals surface area contributed by atoms with Crippen LogP contribution in [-0.4, -0.2) is 15.7 Å². The Kier molecular flexibility index (Phi) is 6.40. The molecule has 0 fully saturated rings. The van der Waals surface area contributed by atoms with Crippen LogP contribution >= 0.6 is 0 Å². The van der Waals surface area contributed by atoms with Crippen LogP contribution in [-0.2, 0) is 19.6 Å². The number of carbonyl (C=O) groups is 1. The largest absolute Gasteiger partial charge is 0.486 e. The molecule has 0 aliphatic heterocycles. The van der Waals surface area contributed by atoms with Crippen LogP contribution in [0.4, 0.5) is 5.69 Å². The molecule has 164 valence electrons. The summed E-state index contributed by atoms with van der Waals surface area (Å²) in [6.45, 7) is 7.03. The molecule has 0 aliphatic rings. The summed E-state index contributed by atoms with van der Waals surface area (Å²) in [5.41, 5.74) is 5.11. The number of carbonyl (C=O) groups excluding carboxylic acids is 1. The fourth-order valence-corrected chi connectivity index (χ4v) is 3.50. The Morgan fingerprint density at radius 1 is 1.03 bits per heavy atom. The van der Waals surface area contributed by atoms with E-state index in [1.54, 1.807) is 12.1 Å². The Hall–Kier alpha value is -3.80. The Labute approximate surface area is 187 Å². The predicted octanol–water partition coefficient (Wildman–Crippen LogP) is 5.53. The number of aryl methyl sites for hydroxylation is 3. The minimum Gasteiger partial charge on any atom is -0.486 e. The molecule has 2 aromatic carbocycles. The summed E-state index contributed by atoms with van der Waals surface area (Å²) in [5, 5.41) is 7.40. The smallest absolute Gasteiger partial charge is 0.291 e. The maximum absolute atomic E-state index is 12.6. The second-order valence-corrected chi connectivity index (χ2v) is 7.79. The maximum Gasteiger partial charge on any atom is 0.291 e. The van der Waals surface area contributed by atoms with Gasteiger partial charge in [0.05, 0.1) is 12.2 Å². The second kappa shape index (κ2) is 9.56. The monoisotopic (exact) mass is 429 g/mol. The van der Waals surface area contributed by atoms with E-state index >= 15 is 0 Å². The van der Waals surface area contributed by atoms with E-state index in [9.17, 15) is 4.79 Å². The van der Waals surface area contributed by atoms with Crippen molar-refractivity contribution in [2.75, 3.05) is 5.32 Å². The number of rotatable bonds is 8. The molecule has 4 aromatic rings. The van der Waals surface area contributed by atoms with Gasteiger partial charge in [-0.15, -0.1) is 0 Å². The highest BCUT2D eigenvalue weighted by Gasteiger charge is 2.13. The van der Waals surface area contributed by atoms with Crippen molar-refractivity contribution in [3.8, 4) is 5.75 Å². The van der Waals surface area contributed by atoms with Crippen molar-refractivity contribution >= 4 is 11.6 Å². The van der Waals surface area contributed by atoms with Gasteiger partial charge in [0.25, 0.3) is 5.91 Å². The third-order valence-electron chi connectivity index (χ3n) is 5.22.